The maximum atomic E-state index is 6.68. The Balaban J connectivity index is 1.96. The van der Waals surface area contributed by atoms with Gasteiger partial charge in [-0.05, 0) is 50.0 Å². The van der Waals surface area contributed by atoms with Crippen molar-refractivity contribution in [1.82, 2.24) is 5.32 Å². The van der Waals surface area contributed by atoms with Crippen LogP contribution in [0.1, 0.15) is 72.6 Å². The molecule has 0 aromatic carbocycles. The molecule has 5 unspecified atom stereocenters. The van der Waals surface area contributed by atoms with Gasteiger partial charge in [-0.2, -0.15) is 0 Å². The molecule has 0 heterocycles. The summed E-state index contributed by atoms with van der Waals surface area (Å²) in [7, 11) is 0. The molecule has 2 aliphatic rings. The normalized spacial score (nSPS) is 39.1. The molecule has 0 aromatic rings. The van der Waals surface area contributed by atoms with Gasteiger partial charge in [-0.25, -0.2) is 0 Å². The lowest BCUT2D eigenvalue weighted by Gasteiger charge is -2.42. The lowest BCUT2D eigenvalue weighted by Crippen LogP contribution is -2.47. The van der Waals surface area contributed by atoms with E-state index in [0.29, 0.717) is 18.2 Å². The van der Waals surface area contributed by atoms with Crippen molar-refractivity contribution >= 4 is 0 Å². The SMILES string of the molecule is CCNC1CCCCC1OC1CC(C)CCC1C(C)C. The summed E-state index contributed by atoms with van der Waals surface area (Å²) in [6, 6.07) is 0.596. The van der Waals surface area contributed by atoms with E-state index >= 15 is 0 Å². The number of nitrogens with one attached hydrogen (secondary N) is 1. The van der Waals surface area contributed by atoms with Gasteiger partial charge in [0.15, 0.2) is 0 Å². The number of hydrogen-bond acceptors (Lipinski definition) is 2. The van der Waals surface area contributed by atoms with Crippen LogP contribution in [0.2, 0.25) is 0 Å². The third-order valence-corrected chi connectivity index (χ3v) is 5.48. The lowest BCUT2D eigenvalue weighted by molar-refractivity contribution is -0.101. The highest BCUT2D eigenvalue weighted by molar-refractivity contribution is 4.87. The summed E-state index contributed by atoms with van der Waals surface area (Å²) in [5.74, 6) is 2.38. The molecule has 1 N–H and O–H groups in total. The van der Waals surface area contributed by atoms with Crippen LogP contribution < -0.4 is 5.32 Å². The van der Waals surface area contributed by atoms with Crippen LogP contribution in [0.4, 0.5) is 0 Å². The summed E-state index contributed by atoms with van der Waals surface area (Å²) in [4.78, 5) is 0. The highest BCUT2D eigenvalue weighted by Gasteiger charge is 2.35. The number of likely N-dealkylation sites (N-methyl/N-ethyl adjacent to an activating group) is 1. The molecule has 5 atom stereocenters. The third-order valence-electron chi connectivity index (χ3n) is 5.48. The molecular formula is C18H35NO. The van der Waals surface area contributed by atoms with Crippen molar-refractivity contribution in [3.05, 3.63) is 0 Å². The Bertz CT molecular complexity index is 277. The van der Waals surface area contributed by atoms with Gasteiger partial charge in [-0.3, -0.25) is 0 Å². The predicted molar refractivity (Wildman–Crippen MR) is 85.9 cm³/mol. The van der Waals surface area contributed by atoms with E-state index in [4.69, 9.17) is 4.74 Å². The van der Waals surface area contributed by atoms with Gasteiger partial charge < -0.3 is 10.1 Å². The van der Waals surface area contributed by atoms with E-state index in [2.05, 4.69) is 33.0 Å². The molecule has 0 amide bonds. The zero-order chi connectivity index (χ0) is 14.5. The summed E-state index contributed by atoms with van der Waals surface area (Å²) in [6.07, 6.45) is 10.3. The molecule has 0 aromatic heterocycles. The number of rotatable bonds is 5. The molecular weight excluding hydrogens is 246 g/mol. The molecule has 0 saturated heterocycles. The van der Waals surface area contributed by atoms with Gasteiger partial charge in [0.25, 0.3) is 0 Å². The van der Waals surface area contributed by atoms with Crippen LogP contribution in [0.5, 0.6) is 0 Å². The first kappa shape index (κ1) is 16.3. The zero-order valence-electron chi connectivity index (χ0n) is 14.0. The van der Waals surface area contributed by atoms with Crippen LogP contribution in [-0.4, -0.2) is 24.8 Å². The minimum Gasteiger partial charge on any atom is -0.373 e. The molecule has 0 bridgehead atoms. The van der Waals surface area contributed by atoms with Crippen molar-refractivity contribution in [2.24, 2.45) is 17.8 Å². The Morgan fingerprint density at radius 2 is 1.80 bits per heavy atom. The molecule has 2 heteroatoms. The van der Waals surface area contributed by atoms with Crippen molar-refractivity contribution < 1.29 is 4.74 Å². The minimum absolute atomic E-state index is 0.459. The summed E-state index contributed by atoms with van der Waals surface area (Å²) < 4.78 is 6.68. The lowest BCUT2D eigenvalue weighted by atomic mass is 9.75. The Morgan fingerprint density at radius 1 is 1.05 bits per heavy atom. The summed E-state index contributed by atoms with van der Waals surface area (Å²) in [5.41, 5.74) is 0. The van der Waals surface area contributed by atoms with E-state index in [1.54, 1.807) is 0 Å². The fourth-order valence-corrected chi connectivity index (χ4v) is 4.25. The first-order valence-electron chi connectivity index (χ1n) is 9.00. The van der Waals surface area contributed by atoms with Gasteiger partial charge in [0.05, 0.1) is 12.2 Å². The monoisotopic (exact) mass is 281 g/mol. The Kier molecular flexibility index (Phi) is 6.35. The van der Waals surface area contributed by atoms with Crippen LogP contribution in [0.15, 0.2) is 0 Å². The van der Waals surface area contributed by atoms with Crippen LogP contribution in [0.3, 0.4) is 0 Å². The smallest absolute Gasteiger partial charge is 0.0731 e. The maximum absolute atomic E-state index is 6.68. The molecule has 118 valence electrons. The topological polar surface area (TPSA) is 21.3 Å². The molecule has 2 aliphatic carbocycles. The first-order chi connectivity index (χ1) is 9.61. The van der Waals surface area contributed by atoms with Crippen molar-refractivity contribution in [2.75, 3.05) is 6.54 Å². The van der Waals surface area contributed by atoms with E-state index in [9.17, 15) is 0 Å². The molecule has 0 radical (unpaired) electrons. The molecule has 2 rings (SSSR count). The summed E-state index contributed by atoms with van der Waals surface area (Å²) in [5, 5.41) is 3.65. The van der Waals surface area contributed by atoms with Gasteiger partial charge in [0.2, 0.25) is 0 Å². The zero-order valence-corrected chi connectivity index (χ0v) is 14.0. The van der Waals surface area contributed by atoms with Crippen molar-refractivity contribution in [2.45, 2.75) is 90.9 Å². The predicted octanol–water partition coefficient (Wildman–Crippen LogP) is 4.38. The molecule has 0 spiro atoms. The van der Waals surface area contributed by atoms with Gasteiger partial charge in [-0.15, -0.1) is 0 Å². The summed E-state index contributed by atoms with van der Waals surface area (Å²) in [6.45, 7) is 10.4. The second-order valence-electron chi connectivity index (χ2n) is 7.49. The highest BCUT2D eigenvalue weighted by Crippen LogP contribution is 2.37. The Labute approximate surface area is 126 Å². The second-order valence-corrected chi connectivity index (χ2v) is 7.49. The van der Waals surface area contributed by atoms with Gasteiger partial charge in [0.1, 0.15) is 0 Å². The van der Waals surface area contributed by atoms with Crippen molar-refractivity contribution in [3.63, 3.8) is 0 Å². The molecule has 2 nitrogen and oxygen atoms in total. The average Bonchev–Trinajstić information content (AvgIpc) is 2.41. The Morgan fingerprint density at radius 3 is 2.50 bits per heavy atom. The van der Waals surface area contributed by atoms with Crippen LogP contribution in [0, 0.1) is 17.8 Å². The molecule has 2 saturated carbocycles. The van der Waals surface area contributed by atoms with Crippen molar-refractivity contribution in [1.29, 1.82) is 0 Å². The van der Waals surface area contributed by atoms with Gasteiger partial charge >= 0.3 is 0 Å². The first-order valence-corrected chi connectivity index (χ1v) is 9.00. The van der Waals surface area contributed by atoms with Crippen LogP contribution >= 0.6 is 0 Å². The van der Waals surface area contributed by atoms with E-state index in [1.165, 1.54) is 44.9 Å². The number of hydrogen-bond donors (Lipinski definition) is 1. The number of ether oxygens (including phenoxy) is 1. The fourth-order valence-electron chi connectivity index (χ4n) is 4.25. The molecule has 0 aliphatic heterocycles. The Hall–Kier alpha value is -0.0800. The van der Waals surface area contributed by atoms with Gasteiger partial charge in [-0.1, -0.05) is 47.0 Å². The molecule has 20 heavy (non-hydrogen) atoms. The van der Waals surface area contributed by atoms with E-state index in [-0.39, 0.29) is 0 Å². The fraction of sp³-hybridized carbons (Fsp3) is 1.00. The average molecular weight is 281 g/mol. The van der Waals surface area contributed by atoms with E-state index in [0.717, 1.165) is 24.3 Å². The van der Waals surface area contributed by atoms with Gasteiger partial charge in [0, 0.05) is 6.04 Å². The van der Waals surface area contributed by atoms with Crippen LogP contribution in [-0.2, 0) is 4.74 Å². The standard InChI is InChI=1S/C18H35NO/c1-5-19-16-8-6-7-9-17(16)20-18-12-14(4)10-11-15(18)13(2)3/h13-19H,5-12H2,1-4H3. The van der Waals surface area contributed by atoms with Crippen molar-refractivity contribution in [3.8, 4) is 0 Å². The minimum atomic E-state index is 0.459. The largest absolute Gasteiger partial charge is 0.373 e. The summed E-state index contributed by atoms with van der Waals surface area (Å²) >= 11 is 0. The maximum Gasteiger partial charge on any atom is 0.0731 e. The molecule has 2 fully saturated rings. The van der Waals surface area contributed by atoms with E-state index in [1.807, 2.05) is 0 Å². The van der Waals surface area contributed by atoms with E-state index < -0.39 is 0 Å². The quantitative estimate of drug-likeness (QED) is 0.807. The second kappa shape index (κ2) is 7.79. The highest BCUT2D eigenvalue weighted by atomic mass is 16.5. The van der Waals surface area contributed by atoms with Crippen LogP contribution in [0.25, 0.3) is 0 Å². The third kappa shape index (κ3) is 4.21.